The van der Waals surface area contributed by atoms with Gasteiger partial charge in [-0.25, -0.2) is 0 Å². The first-order chi connectivity index (χ1) is 5.05. The molecule has 1 rings (SSSR count). The highest BCUT2D eigenvalue weighted by atomic mass is 16.7. The van der Waals surface area contributed by atoms with Crippen LogP contribution in [0.25, 0.3) is 0 Å². The molecular weight excluding hydrogens is 144 g/mol. The van der Waals surface area contributed by atoms with Gasteiger partial charge >= 0.3 is 0 Å². The molecule has 0 spiro atoms. The molecule has 3 nitrogen and oxygen atoms in total. The largest absolute Gasteiger partial charge is 0.396 e. The average molecular weight is 160 g/mol. The van der Waals surface area contributed by atoms with Crippen LogP contribution in [0.2, 0.25) is 0 Å². The minimum absolute atomic E-state index is 0.0509. The van der Waals surface area contributed by atoms with Gasteiger partial charge in [-0.2, -0.15) is 0 Å². The Morgan fingerprint density at radius 3 is 2.64 bits per heavy atom. The van der Waals surface area contributed by atoms with Crippen LogP contribution in [0.3, 0.4) is 0 Å². The fourth-order valence-corrected chi connectivity index (χ4v) is 1.11. The van der Waals surface area contributed by atoms with Gasteiger partial charge in [0.1, 0.15) is 0 Å². The zero-order valence-electron chi connectivity index (χ0n) is 7.33. The van der Waals surface area contributed by atoms with Crippen molar-refractivity contribution in [2.24, 2.45) is 5.92 Å². The van der Waals surface area contributed by atoms with Gasteiger partial charge in [0, 0.05) is 12.5 Å². The lowest BCUT2D eigenvalue weighted by Gasteiger charge is -2.19. The highest BCUT2D eigenvalue weighted by Crippen LogP contribution is 2.26. The van der Waals surface area contributed by atoms with E-state index >= 15 is 0 Å². The smallest absolute Gasteiger partial charge is 0.163 e. The monoisotopic (exact) mass is 160 g/mol. The Hall–Kier alpha value is -0.120. The Bertz CT molecular complexity index is 133. The van der Waals surface area contributed by atoms with E-state index in [1.54, 1.807) is 0 Å². The summed E-state index contributed by atoms with van der Waals surface area (Å²) in [7, 11) is 0. The molecular formula is C8H16O3. The quantitative estimate of drug-likeness (QED) is 0.648. The van der Waals surface area contributed by atoms with Crippen LogP contribution < -0.4 is 0 Å². The number of aliphatic hydroxyl groups excluding tert-OH is 1. The molecule has 66 valence electrons. The predicted octanol–water partition coefficient (Wildman–Crippen LogP) is 0.766. The molecule has 1 heterocycles. The van der Waals surface area contributed by atoms with Gasteiger partial charge in [-0.1, -0.05) is 6.92 Å². The molecule has 0 saturated carbocycles. The summed E-state index contributed by atoms with van der Waals surface area (Å²) in [6.45, 7) is 6.47. The van der Waals surface area contributed by atoms with Crippen LogP contribution in [0.4, 0.5) is 0 Å². The summed E-state index contributed by atoms with van der Waals surface area (Å²) in [6, 6.07) is 0. The molecule has 0 bridgehead atoms. The Labute approximate surface area is 67.3 Å². The van der Waals surface area contributed by atoms with Crippen LogP contribution in [0.1, 0.15) is 20.8 Å². The zero-order valence-corrected chi connectivity index (χ0v) is 7.33. The number of aliphatic hydroxyl groups is 1. The van der Waals surface area contributed by atoms with Gasteiger partial charge in [-0.05, 0) is 13.8 Å². The van der Waals surface area contributed by atoms with Crippen molar-refractivity contribution in [2.45, 2.75) is 32.7 Å². The van der Waals surface area contributed by atoms with E-state index in [4.69, 9.17) is 14.6 Å². The van der Waals surface area contributed by atoms with Crippen molar-refractivity contribution in [3.8, 4) is 0 Å². The Balaban J connectivity index is 2.41. The fourth-order valence-electron chi connectivity index (χ4n) is 1.11. The van der Waals surface area contributed by atoms with Gasteiger partial charge in [0.05, 0.1) is 12.7 Å². The molecule has 0 unspecified atom stereocenters. The van der Waals surface area contributed by atoms with Crippen LogP contribution >= 0.6 is 0 Å². The Morgan fingerprint density at radius 2 is 2.27 bits per heavy atom. The van der Waals surface area contributed by atoms with Crippen molar-refractivity contribution in [1.82, 2.24) is 0 Å². The molecule has 3 heteroatoms. The third-order valence-corrected chi connectivity index (χ3v) is 1.95. The first-order valence-electron chi connectivity index (χ1n) is 3.98. The lowest BCUT2D eigenvalue weighted by atomic mass is 10.1. The molecule has 1 fully saturated rings. The average Bonchev–Trinajstić information content (AvgIpc) is 2.29. The van der Waals surface area contributed by atoms with Crippen molar-refractivity contribution < 1.29 is 14.6 Å². The van der Waals surface area contributed by atoms with Crippen molar-refractivity contribution >= 4 is 0 Å². The van der Waals surface area contributed by atoms with E-state index in [9.17, 15) is 0 Å². The summed E-state index contributed by atoms with van der Waals surface area (Å²) < 4.78 is 10.9. The highest BCUT2D eigenvalue weighted by Gasteiger charge is 2.35. The lowest BCUT2D eigenvalue weighted by Crippen LogP contribution is -2.26. The molecule has 1 saturated heterocycles. The summed E-state index contributed by atoms with van der Waals surface area (Å²) in [4.78, 5) is 0. The van der Waals surface area contributed by atoms with E-state index in [0.717, 1.165) is 0 Å². The van der Waals surface area contributed by atoms with Crippen molar-refractivity contribution in [3.63, 3.8) is 0 Å². The van der Waals surface area contributed by atoms with E-state index in [0.29, 0.717) is 6.61 Å². The van der Waals surface area contributed by atoms with Crippen LogP contribution in [0.5, 0.6) is 0 Å². The molecule has 1 aliphatic rings. The third kappa shape index (κ3) is 2.15. The second-order valence-electron chi connectivity index (χ2n) is 3.53. The first kappa shape index (κ1) is 8.97. The summed E-state index contributed by atoms with van der Waals surface area (Å²) in [5.41, 5.74) is 0. The van der Waals surface area contributed by atoms with Gasteiger partial charge < -0.3 is 14.6 Å². The molecule has 0 aliphatic carbocycles. The molecule has 0 aromatic rings. The third-order valence-electron chi connectivity index (χ3n) is 1.95. The molecule has 2 atom stereocenters. The second-order valence-corrected chi connectivity index (χ2v) is 3.53. The van der Waals surface area contributed by atoms with E-state index < -0.39 is 5.79 Å². The van der Waals surface area contributed by atoms with Gasteiger partial charge in [0.25, 0.3) is 0 Å². The van der Waals surface area contributed by atoms with Crippen LogP contribution in [0, 0.1) is 5.92 Å². The Kier molecular flexibility index (Phi) is 2.52. The number of hydrogen-bond acceptors (Lipinski definition) is 3. The minimum atomic E-state index is -0.464. The zero-order chi connectivity index (χ0) is 8.48. The minimum Gasteiger partial charge on any atom is -0.396 e. The fraction of sp³-hybridized carbons (Fsp3) is 1.00. The topological polar surface area (TPSA) is 38.7 Å². The maximum absolute atomic E-state index is 8.83. The number of ether oxygens (including phenoxy) is 2. The van der Waals surface area contributed by atoms with E-state index in [-0.39, 0.29) is 18.6 Å². The SMILES string of the molecule is C[C@H](CO)[C@H]1COC(C)(C)O1. The molecule has 0 aromatic carbocycles. The molecule has 0 radical (unpaired) electrons. The van der Waals surface area contributed by atoms with E-state index in [2.05, 4.69) is 0 Å². The summed E-state index contributed by atoms with van der Waals surface area (Å²) in [6.07, 6.45) is 0.0509. The van der Waals surface area contributed by atoms with Crippen molar-refractivity contribution in [1.29, 1.82) is 0 Å². The summed E-state index contributed by atoms with van der Waals surface area (Å²) in [5.74, 6) is -0.301. The first-order valence-corrected chi connectivity index (χ1v) is 3.98. The van der Waals surface area contributed by atoms with E-state index in [1.807, 2.05) is 20.8 Å². The van der Waals surface area contributed by atoms with Gasteiger partial charge in [-0.15, -0.1) is 0 Å². The van der Waals surface area contributed by atoms with Gasteiger partial charge in [0.15, 0.2) is 5.79 Å². The number of hydrogen-bond donors (Lipinski definition) is 1. The maximum Gasteiger partial charge on any atom is 0.163 e. The van der Waals surface area contributed by atoms with Crippen LogP contribution in [0.15, 0.2) is 0 Å². The summed E-state index contributed by atoms with van der Waals surface area (Å²) >= 11 is 0. The summed E-state index contributed by atoms with van der Waals surface area (Å²) in [5, 5.41) is 8.83. The molecule has 0 aromatic heterocycles. The van der Waals surface area contributed by atoms with Crippen molar-refractivity contribution in [3.05, 3.63) is 0 Å². The van der Waals surface area contributed by atoms with Gasteiger partial charge in [0.2, 0.25) is 0 Å². The molecule has 1 aliphatic heterocycles. The molecule has 0 amide bonds. The standard InChI is InChI=1S/C8H16O3/c1-6(4-9)7-5-10-8(2,3)11-7/h6-7,9H,4-5H2,1-3H3/t6-,7-/m1/s1. The second kappa shape index (κ2) is 3.09. The lowest BCUT2D eigenvalue weighted by molar-refractivity contribution is -0.145. The highest BCUT2D eigenvalue weighted by molar-refractivity contribution is 4.74. The van der Waals surface area contributed by atoms with E-state index in [1.165, 1.54) is 0 Å². The maximum atomic E-state index is 8.83. The van der Waals surface area contributed by atoms with Crippen molar-refractivity contribution in [2.75, 3.05) is 13.2 Å². The number of rotatable bonds is 2. The van der Waals surface area contributed by atoms with Crippen LogP contribution in [-0.2, 0) is 9.47 Å². The molecule has 11 heavy (non-hydrogen) atoms. The Morgan fingerprint density at radius 1 is 1.64 bits per heavy atom. The predicted molar refractivity (Wildman–Crippen MR) is 41.2 cm³/mol. The van der Waals surface area contributed by atoms with Gasteiger partial charge in [-0.3, -0.25) is 0 Å². The normalized spacial score (nSPS) is 32.2. The van der Waals surface area contributed by atoms with Crippen LogP contribution in [-0.4, -0.2) is 30.2 Å². The molecule has 1 N–H and O–H groups in total.